The van der Waals surface area contributed by atoms with E-state index < -0.39 is 0 Å². The van der Waals surface area contributed by atoms with Crippen molar-refractivity contribution in [2.75, 3.05) is 0 Å². The van der Waals surface area contributed by atoms with Crippen molar-refractivity contribution in [1.82, 2.24) is 0 Å². The van der Waals surface area contributed by atoms with Crippen LogP contribution in [0.15, 0.2) is 60.7 Å². The maximum absolute atomic E-state index is 3.31. The molecule has 0 radical (unpaired) electrons. The number of hydrogen-bond acceptors (Lipinski definition) is 0. The van der Waals surface area contributed by atoms with Gasteiger partial charge in [0, 0.05) is 11.1 Å². The van der Waals surface area contributed by atoms with Gasteiger partial charge >= 0.3 is 0 Å². The molecule has 0 N–H and O–H groups in total. The first-order valence-electron chi connectivity index (χ1n) is 9.92. The molecule has 0 saturated carbocycles. The molecule has 3 aromatic carbocycles. The maximum Gasteiger partial charge on any atom is 0.0255 e. The highest BCUT2D eigenvalue weighted by Crippen LogP contribution is 2.19. The zero-order valence-corrected chi connectivity index (χ0v) is 16.0. The van der Waals surface area contributed by atoms with Gasteiger partial charge in [-0.15, -0.1) is 0 Å². The fourth-order valence-corrected chi connectivity index (χ4v) is 3.19. The molecule has 0 atom stereocenters. The zero-order valence-electron chi connectivity index (χ0n) is 16.0. The quantitative estimate of drug-likeness (QED) is 0.427. The van der Waals surface area contributed by atoms with Crippen molar-refractivity contribution in [3.63, 3.8) is 0 Å². The van der Waals surface area contributed by atoms with E-state index in [0.717, 1.165) is 17.5 Å². The minimum absolute atomic E-state index is 1.08. The van der Waals surface area contributed by atoms with Crippen molar-refractivity contribution in [3.8, 4) is 11.8 Å². The average molecular weight is 341 g/mol. The van der Waals surface area contributed by atoms with Crippen LogP contribution in [0.3, 0.4) is 0 Å². The van der Waals surface area contributed by atoms with E-state index in [1.807, 2.05) is 0 Å². The van der Waals surface area contributed by atoms with E-state index in [9.17, 15) is 0 Å². The van der Waals surface area contributed by atoms with E-state index in [0.29, 0.717) is 0 Å². The highest BCUT2D eigenvalue weighted by atomic mass is 14.0. The fourth-order valence-electron chi connectivity index (χ4n) is 3.19. The third-order valence-electron chi connectivity index (χ3n) is 4.85. The first-order valence-corrected chi connectivity index (χ1v) is 9.92. The highest BCUT2D eigenvalue weighted by molar-refractivity contribution is 5.84. The average Bonchev–Trinajstić information content (AvgIpc) is 2.69. The smallest absolute Gasteiger partial charge is 0.0255 e. The van der Waals surface area contributed by atoms with Gasteiger partial charge in [-0.1, -0.05) is 74.9 Å². The molecule has 0 aromatic heterocycles. The van der Waals surface area contributed by atoms with Crippen LogP contribution in [0.1, 0.15) is 61.8 Å². The van der Waals surface area contributed by atoms with E-state index in [4.69, 9.17) is 0 Å². The summed E-state index contributed by atoms with van der Waals surface area (Å²) in [6.45, 7) is 4.47. The van der Waals surface area contributed by atoms with Gasteiger partial charge < -0.3 is 0 Å². The number of aryl methyl sites for hydroxylation is 2. The Bertz CT molecular complexity index is 904. The van der Waals surface area contributed by atoms with Crippen LogP contribution < -0.4 is 0 Å². The van der Waals surface area contributed by atoms with Crippen molar-refractivity contribution < 1.29 is 0 Å². The molecule has 0 heteroatoms. The first-order chi connectivity index (χ1) is 12.8. The van der Waals surface area contributed by atoms with Crippen molar-refractivity contribution in [2.24, 2.45) is 0 Å². The third-order valence-corrected chi connectivity index (χ3v) is 4.85. The summed E-state index contributed by atoms with van der Waals surface area (Å²) in [4.78, 5) is 0. The highest BCUT2D eigenvalue weighted by Gasteiger charge is 1.98. The summed E-state index contributed by atoms with van der Waals surface area (Å²) in [5.74, 6) is 6.61. The molecule has 0 aliphatic rings. The Morgan fingerprint density at radius 2 is 1.12 bits per heavy atom. The lowest BCUT2D eigenvalue weighted by molar-refractivity contribution is 0.795. The molecule has 132 valence electrons. The van der Waals surface area contributed by atoms with Gasteiger partial charge in [0.05, 0.1) is 0 Å². The Kier molecular flexibility index (Phi) is 6.50. The molecule has 26 heavy (non-hydrogen) atoms. The molecule has 0 heterocycles. The van der Waals surface area contributed by atoms with Crippen LogP contribution in [0.2, 0.25) is 0 Å². The second kappa shape index (κ2) is 9.25. The summed E-state index contributed by atoms with van der Waals surface area (Å²) >= 11 is 0. The second-order valence-corrected chi connectivity index (χ2v) is 7.05. The van der Waals surface area contributed by atoms with Crippen molar-refractivity contribution in [2.45, 2.75) is 52.4 Å². The summed E-state index contributed by atoms with van der Waals surface area (Å²) < 4.78 is 0. The number of unbranched alkanes of at least 4 members (excludes halogenated alkanes) is 2. The largest absolute Gasteiger partial charge is 0.0654 e. The molecular weight excluding hydrogens is 312 g/mol. The lowest BCUT2D eigenvalue weighted by Crippen LogP contribution is -1.86. The first kappa shape index (κ1) is 18.3. The zero-order chi connectivity index (χ0) is 18.2. The van der Waals surface area contributed by atoms with Crippen LogP contribution >= 0.6 is 0 Å². The molecule has 0 spiro atoms. The third kappa shape index (κ3) is 4.99. The monoisotopic (exact) mass is 340 g/mol. The van der Waals surface area contributed by atoms with E-state index in [1.54, 1.807) is 0 Å². The van der Waals surface area contributed by atoms with Crippen molar-refractivity contribution in [3.05, 3.63) is 82.9 Å². The normalized spacial score (nSPS) is 10.5. The Morgan fingerprint density at radius 1 is 0.577 bits per heavy atom. The van der Waals surface area contributed by atoms with E-state index in [-0.39, 0.29) is 0 Å². The summed E-state index contributed by atoms with van der Waals surface area (Å²) in [6.07, 6.45) is 7.32. The lowest BCUT2D eigenvalue weighted by atomic mass is 10.0. The molecule has 0 bridgehead atoms. The Labute approximate surface area is 158 Å². The van der Waals surface area contributed by atoms with Gasteiger partial charge in [-0.3, -0.25) is 0 Å². The Hall–Kier alpha value is -2.52. The number of fused-ring (bicyclic) bond motifs is 1. The molecule has 0 aliphatic carbocycles. The van der Waals surface area contributed by atoms with Crippen LogP contribution in [0, 0.1) is 11.8 Å². The van der Waals surface area contributed by atoms with Crippen molar-refractivity contribution in [1.29, 1.82) is 0 Å². The predicted molar refractivity (Wildman–Crippen MR) is 114 cm³/mol. The fraction of sp³-hybridized carbons (Fsp3) is 0.308. The molecule has 0 saturated heterocycles. The van der Waals surface area contributed by atoms with Crippen LogP contribution in [-0.4, -0.2) is 0 Å². The Balaban J connectivity index is 1.74. The number of rotatable bonds is 6. The summed E-state index contributed by atoms with van der Waals surface area (Å²) in [6, 6.07) is 22.0. The van der Waals surface area contributed by atoms with Gasteiger partial charge in [0.25, 0.3) is 0 Å². The summed E-state index contributed by atoms with van der Waals surface area (Å²) in [7, 11) is 0. The topological polar surface area (TPSA) is 0 Å². The van der Waals surface area contributed by atoms with Gasteiger partial charge in [0.15, 0.2) is 0 Å². The van der Waals surface area contributed by atoms with Crippen LogP contribution in [0.5, 0.6) is 0 Å². The molecule has 0 fully saturated rings. The van der Waals surface area contributed by atoms with E-state index in [1.165, 1.54) is 54.0 Å². The van der Waals surface area contributed by atoms with Gasteiger partial charge in [0.2, 0.25) is 0 Å². The van der Waals surface area contributed by atoms with E-state index in [2.05, 4.69) is 86.4 Å². The van der Waals surface area contributed by atoms with Gasteiger partial charge in [-0.05, 0) is 71.8 Å². The molecule has 0 aliphatic heterocycles. The molecule has 0 unspecified atom stereocenters. The van der Waals surface area contributed by atoms with Crippen LogP contribution in [0.25, 0.3) is 10.8 Å². The minimum atomic E-state index is 1.08. The standard InChI is InChI=1S/C26H28/c1-3-5-7-21-9-11-22(12-10-21)13-14-24-16-18-25-19-23(8-6-4-2)15-17-26(25)20-24/h9-12,15-20H,3-8H2,1-2H3. The van der Waals surface area contributed by atoms with Gasteiger partial charge in [0.1, 0.15) is 0 Å². The second-order valence-electron chi connectivity index (χ2n) is 7.05. The van der Waals surface area contributed by atoms with Crippen LogP contribution in [0.4, 0.5) is 0 Å². The minimum Gasteiger partial charge on any atom is -0.0654 e. The number of hydrogen-bond donors (Lipinski definition) is 0. The summed E-state index contributed by atoms with van der Waals surface area (Å²) in [5.41, 5.74) is 5.00. The lowest BCUT2D eigenvalue weighted by Gasteiger charge is -2.04. The maximum atomic E-state index is 3.31. The Morgan fingerprint density at radius 3 is 1.85 bits per heavy atom. The molecule has 0 nitrogen and oxygen atoms in total. The predicted octanol–water partition coefficient (Wildman–Crippen LogP) is 6.92. The van der Waals surface area contributed by atoms with Gasteiger partial charge in [-0.2, -0.15) is 0 Å². The van der Waals surface area contributed by atoms with Crippen LogP contribution in [-0.2, 0) is 12.8 Å². The van der Waals surface area contributed by atoms with E-state index >= 15 is 0 Å². The van der Waals surface area contributed by atoms with Crippen molar-refractivity contribution >= 4 is 10.8 Å². The molecule has 3 rings (SSSR count). The molecule has 3 aromatic rings. The number of benzene rings is 3. The SMILES string of the molecule is CCCCc1ccc(C#Cc2ccc3cc(CCCC)ccc3c2)cc1. The van der Waals surface area contributed by atoms with Gasteiger partial charge in [-0.25, -0.2) is 0 Å². The molecular formula is C26H28. The molecule has 0 amide bonds. The summed E-state index contributed by atoms with van der Waals surface area (Å²) in [5, 5.41) is 2.58.